The molecule has 0 rings (SSSR count). The van der Waals surface area contributed by atoms with E-state index in [-0.39, 0.29) is 31.1 Å². The highest BCUT2D eigenvalue weighted by Gasteiger charge is 2.19. The summed E-state index contributed by atoms with van der Waals surface area (Å²) in [6, 6.07) is 0. The van der Waals surface area contributed by atoms with Crippen LogP contribution in [0.3, 0.4) is 0 Å². The van der Waals surface area contributed by atoms with E-state index in [1.54, 1.807) is 0 Å². The van der Waals surface area contributed by atoms with E-state index >= 15 is 0 Å². The Morgan fingerprint density at radius 2 is 0.582 bits per heavy atom. The zero-order valence-electron chi connectivity index (χ0n) is 44.2. The van der Waals surface area contributed by atoms with Crippen molar-refractivity contribution in [1.82, 2.24) is 0 Å². The predicted molar refractivity (Wildman–Crippen MR) is 288 cm³/mol. The number of hydrogen-bond donors (Lipinski definition) is 0. The number of esters is 3. The van der Waals surface area contributed by atoms with E-state index in [1.807, 2.05) is 0 Å². The van der Waals surface area contributed by atoms with Crippen molar-refractivity contribution in [2.75, 3.05) is 13.2 Å². The van der Waals surface area contributed by atoms with Gasteiger partial charge in [-0.3, -0.25) is 14.4 Å². The molecule has 0 aliphatic heterocycles. The molecule has 0 saturated carbocycles. The summed E-state index contributed by atoms with van der Waals surface area (Å²) in [7, 11) is 0. The Morgan fingerprint density at radius 3 is 0.940 bits per heavy atom. The third kappa shape index (κ3) is 53.7. The summed E-state index contributed by atoms with van der Waals surface area (Å²) < 4.78 is 16.8. The lowest BCUT2D eigenvalue weighted by molar-refractivity contribution is -0.167. The molecule has 0 aromatic carbocycles. The Hall–Kier alpha value is -3.15. The quantitative estimate of drug-likeness (QED) is 0.0262. The van der Waals surface area contributed by atoms with Crippen LogP contribution in [0.25, 0.3) is 0 Å². The minimum Gasteiger partial charge on any atom is -0.462 e. The molecule has 0 N–H and O–H groups in total. The van der Waals surface area contributed by atoms with Gasteiger partial charge in [-0.1, -0.05) is 241 Å². The molecule has 0 heterocycles. The molecule has 6 heteroatoms. The number of unbranched alkanes of at least 4 members (excludes halogenated alkanes) is 28. The van der Waals surface area contributed by atoms with E-state index < -0.39 is 6.10 Å². The lowest BCUT2D eigenvalue weighted by Crippen LogP contribution is -2.30. The van der Waals surface area contributed by atoms with Gasteiger partial charge in [0.1, 0.15) is 13.2 Å². The SMILES string of the molecule is CC/C=C\C/C=C\C/C=C\C/C=C\C/C=C\CCCCCCCCCCCCCC(=O)OCC(COC(=O)CCCCCCCCCCC)OC(=O)CCCCCCC/C=C\CCCCCC. The van der Waals surface area contributed by atoms with Gasteiger partial charge in [-0.2, -0.15) is 0 Å². The molecule has 6 nitrogen and oxygen atoms in total. The van der Waals surface area contributed by atoms with Crippen molar-refractivity contribution in [3.8, 4) is 0 Å². The minimum absolute atomic E-state index is 0.0769. The van der Waals surface area contributed by atoms with Crippen LogP contribution < -0.4 is 0 Å². The van der Waals surface area contributed by atoms with Gasteiger partial charge in [0.05, 0.1) is 0 Å². The topological polar surface area (TPSA) is 78.9 Å². The van der Waals surface area contributed by atoms with Gasteiger partial charge in [0.25, 0.3) is 0 Å². The molecule has 0 amide bonds. The number of allylic oxidation sites excluding steroid dienone is 12. The van der Waals surface area contributed by atoms with Gasteiger partial charge in [0.15, 0.2) is 6.10 Å². The van der Waals surface area contributed by atoms with E-state index in [0.717, 1.165) is 103 Å². The summed E-state index contributed by atoms with van der Waals surface area (Å²) in [6.07, 6.45) is 70.5. The molecule has 1 atom stereocenters. The number of carbonyl (C=O) groups excluding carboxylic acids is 3. The highest BCUT2D eigenvalue weighted by molar-refractivity contribution is 5.71. The van der Waals surface area contributed by atoms with Crippen LogP contribution in [0, 0.1) is 0 Å². The molecule has 0 saturated heterocycles. The number of hydrogen-bond acceptors (Lipinski definition) is 6. The number of rotatable bonds is 51. The van der Waals surface area contributed by atoms with Crippen LogP contribution >= 0.6 is 0 Å². The predicted octanol–water partition coefficient (Wildman–Crippen LogP) is 19.0. The van der Waals surface area contributed by atoms with Gasteiger partial charge in [-0.15, -0.1) is 0 Å². The van der Waals surface area contributed by atoms with Crippen molar-refractivity contribution in [2.45, 2.75) is 284 Å². The molecule has 0 aliphatic rings. The van der Waals surface area contributed by atoms with Gasteiger partial charge in [0, 0.05) is 19.3 Å². The first-order valence-electron chi connectivity index (χ1n) is 28.4. The minimum atomic E-state index is -0.777. The van der Waals surface area contributed by atoms with Gasteiger partial charge < -0.3 is 14.2 Å². The first kappa shape index (κ1) is 63.8. The fourth-order valence-electron chi connectivity index (χ4n) is 7.93. The molecule has 0 radical (unpaired) electrons. The molecule has 0 aliphatic carbocycles. The smallest absolute Gasteiger partial charge is 0.306 e. The van der Waals surface area contributed by atoms with E-state index in [4.69, 9.17) is 14.2 Å². The van der Waals surface area contributed by atoms with Gasteiger partial charge >= 0.3 is 17.9 Å². The second-order valence-electron chi connectivity index (χ2n) is 18.8. The van der Waals surface area contributed by atoms with E-state index in [0.29, 0.717) is 19.3 Å². The summed E-state index contributed by atoms with van der Waals surface area (Å²) in [5, 5.41) is 0. The highest BCUT2D eigenvalue weighted by atomic mass is 16.6. The molecule has 386 valence electrons. The van der Waals surface area contributed by atoms with Gasteiger partial charge in [-0.25, -0.2) is 0 Å². The Labute approximate surface area is 414 Å². The van der Waals surface area contributed by atoms with Crippen molar-refractivity contribution in [3.05, 3.63) is 72.9 Å². The zero-order valence-corrected chi connectivity index (χ0v) is 44.2. The molecular weight excluding hydrogens is 829 g/mol. The maximum atomic E-state index is 12.8. The third-order valence-corrected chi connectivity index (χ3v) is 12.2. The Kier molecular flexibility index (Phi) is 52.8. The molecule has 0 aromatic rings. The Balaban J connectivity index is 4.18. The molecule has 67 heavy (non-hydrogen) atoms. The number of ether oxygens (including phenoxy) is 3. The maximum Gasteiger partial charge on any atom is 0.306 e. The average molecular weight is 936 g/mol. The van der Waals surface area contributed by atoms with Crippen LogP contribution in [0.1, 0.15) is 278 Å². The van der Waals surface area contributed by atoms with Crippen LogP contribution in [0.2, 0.25) is 0 Å². The zero-order chi connectivity index (χ0) is 48.6. The first-order chi connectivity index (χ1) is 33.0. The normalized spacial score (nSPS) is 12.6. The first-order valence-corrected chi connectivity index (χ1v) is 28.4. The van der Waals surface area contributed by atoms with Crippen LogP contribution in [0.15, 0.2) is 72.9 Å². The highest BCUT2D eigenvalue weighted by Crippen LogP contribution is 2.15. The van der Waals surface area contributed by atoms with E-state index in [9.17, 15) is 14.4 Å². The van der Waals surface area contributed by atoms with Gasteiger partial charge in [0.2, 0.25) is 0 Å². The van der Waals surface area contributed by atoms with Crippen molar-refractivity contribution >= 4 is 17.9 Å². The lowest BCUT2D eigenvalue weighted by Gasteiger charge is -2.18. The van der Waals surface area contributed by atoms with Crippen molar-refractivity contribution in [2.24, 2.45) is 0 Å². The maximum absolute atomic E-state index is 12.8. The van der Waals surface area contributed by atoms with Crippen molar-refractivity contribution < 1.29 is 28.6 Å². The molecule has 1 unspecified atom stereocenters. The summed E-state index contributed by atoms with van der Waals surface area (Å²) in [6.45, 7) is 6.49. The monoisotopic (exact) mass is 935 g/mol. The molecule has 0 spiro atoms. The largest absolute Gasteiger partial charge is 0.462 e. The van der Waals surface area contributed by atoms with Crippen LogP contribution in [-0.4, -0.2) is 37.2 Å². The number of carbonyl (C=O) groups is 3. The lowest BCUT2D eigenvalue weighted by atomic mass is 10.0. The molecule has 0 aromatic heterocycles. The Bertz CT molecular complexity index is 1260. The summed E-state index contributed by atoms with van der Waals surface area (Å²) in [5.41, 5.74) is 0. The van der Waals surface area contributed by atoms with Crippen molar-refractivity contribution in [1.29, 1.82) is 0 Å². The van der Waals surface area contributed by atoms with Crippen LogP contribution in [0.4, 0.5) is 0 Å². The second kappa shape index (κ2) is 55.4. The average Bonchev–Trinajstić information content (AvgIpc) is 3.33. The summed E-state index contributed by atoms with van der Waals surface area (Å²) >= 11 is 0. The molecule has 0 bridgehead atoms. The van der Waals surface area contributed by atoms with Crippen molar-refractivity contribution in [3.63, 3.8) is 0 Å². The van der Waals surface area contributed by atoms with Crippen LogP contribution in [0.5, 0.6) is 0 Å². The standard InChI is InChI=1S/C61H106O6/c1-4-7-10-13-16-19-21-23-24-25-26-27-28-29-30-31-32-33-34-35-36-38-39-42-45-48-51-54-60(63)66-57-58(56-65-59(62)53-50-47-44-41-18-15-12-9-6-3)67-61(64)55-52-49-46-43-40-37-22-20-17-14-11-8-5-2/h7,10,16,19-20,22-24,26-27,29-30,58H,4-6,8-9,11-15,17-18,21,25,28,31-57H2,1-3H3/b10-7-,19-16-,22-20-,24-23-,27-26-,30-29-. The summed E-state index contributed by atoms with van der Waals surface area (Å²) in [5.74, 6) is -0.885. The fraction of sp³-hybridized carbons (Fsp3) is 0.754. The van der Waals surface area contributed by atoms with E-state index in [1.165, 1.54) is 135 Å². The fourth-order valence-corrected chi connectivity index (χ4v) is 7.93. The summed E-state index contributed by atoms with van der Waals surface area (Å²) in [4.78, 5) is 38.0. The third-order valence-electron chi connectivity index (χ3n) is 12.2. The molecular formula is C61H106O6. The Morgan fingerprint density at radius 1 is 0.313 bits per heavy atom. The van der Waals surface area contributed by atoms with Crippen LogP contribution in [-0.2, 0) is 28.6 Å². The second-order valence-corrected chi connectivity index (χ2v) is 18.8. The molecule has 0 fully saturated rings. The van der Waals surface area contributed by atoms with E-state index in [2.05, 4.69) is 93.7 Å². The van der Waals surface area contributed by atoms with Gasteiger partial charge in [-0.05, 0) is 89.9 Å².